The zero-order valence-corrected chi connectivity index (χ0v) is 14.8. The molecule has 2 bridgehead atoms. The molecule has 136 valence electrons. The van der Waals surface area contributed by atoms with E-state index in [2.05, 4.69) is 20.7 Å². The van der Waals surface area contributed by atoms with Crippen molar-refractivity contribution in [2.45, 2.75) is 25.3 Å². The lowest BCUT2D eigenvalue weighted by Gasteiger charge is -2.27. The zero-order chi connectivity index (χ0) is 18.1. The predicted molar refractivity (Wildman–Crippen MR) is 96.2 cm³/mol. The smallest absolute Gasteiger partial charge is 0.321 e. The Labute approximate surface area is 155 Å². The molecular weight excluding hydrogens is 356 g/mol. The predicted octanol–water partition coefficient (Wildman–Crippen LogP) is 2.05. The average molecular weight is 375 g/mol. The molecule has 3 heterocycles. The number of hydrogen-bond acceptors (Lipinski definition) is 4. The largest absolute Gasteiger partial charge is 0.351 e. The van der Waals surface area contributed by atoms with Gasteiger partial charge in [-0.05, 0) is 31.0 Å². The lowest BCUT2D eigenvalue weighted by molar-refractivity contribution is -0.124. The number of hydrogen-bond donors (Lipinski definition) is 2. The number of anilines is 1. The molecule has 2 aromatic rings. The number of nitrogens with zero attached hydrogens (tertiary/aromatic N) is 4. The molecule has 2 fully saturated rings. The fourth-order valence-electron chi connectivity index (χ4n) is 3.52. The topological polar surface area (TPSA) is 92.2 Å². The molecule has 1 aromatic carbocycles. The second-order valence-corrected chi connectivity index (χ2v) is 7.08. The van der Waals surface area contributed by atoms with Crippen LogP contribution in [-0.4, -0.2) is 50.7 Å². The highest BCUT2D eigenvalue weighted by Crippen LogP contribution is 2.25. The number of urea groups is 1. The van der Waals surface area contributed by atoms with E-state index in [0.29, 0.717) is 29.5 Å². The van der Waals surface area contributed by atoms with E-state index >= 15 is 0 Å². The molecule has 4 rings (SSSR count). The Morgan fingerprint density at radius 1 is 1.31 bits per heavy atom. The van der Waals surface area contributed by atoms with E-state index in [1.54, 1.807) is 34.1 Å². The first-order valence-corrected chi connectivity index (χ1v) is 8.99. The molecule has 2 saturated heterocycles. The number of rotatable bonds is 2. The molecular formula is C17H19ClN6O2. The van der Waals surface area contributed by atoms with E-state index in [0.717, 1.165) is 19.3 Å². The standard InChI is InChI=1S/C17H19ClN6O2/c18-14-6-12(4-5-15(14)24-10-19-9-20-24)22-17(26)23-7-11-2-1-3-13(8-23)21-16(11)25/h4-6,9-11,13H,1-3,7-8H2,(H,21,25)(H,22,26). The van der Waals surface area contributed by atoms with Crippen molar-refractivity contribution in [1.29, 1.82) is 0 Å². The van der Waals surface area contributed by atoms with E-state index < -0.39 is 0 Å². The maximum atomic E-state index is 12.7. The van der Waals surface area contributed by atoms with Crippen molar-refractivity contribution < 1.29 is 9.59 Å². The molecule has 2 aliphatic heterocycles. The van der Waals surface area contributed by atoms with Gasteiger partial charge in [0.2, 0.25) is 5.91 Å². The third kappa shape index (κ3) is 3.37. The molecule has 26 heavy (non-hydrogen) atoms. The highest BCUT2D eigenvalue weighted by molar-refractivity contribution is 6.32. The quantitative estimate of drug-likeness (QED) is 0.841. The molecule has 0 saturated carbocycles. The van der Waals surface area contributed by atoms with Gasteiger partial charge in [-0.3, -0.25) is 4.79 Å². The van der Waals surface area contributed by atoms with Crippen molar-refractivity contribution in [1.82, 2.24) is 25.0 Å². The summed E-state index contributed by atoms with van der Waals surface area (Å²) in [4.78, 5) is 30.4. The van der Waals surface area contributed by atoms with Crippen molar-refractivity contribution in [2.24, 2.45) is 5.92 Å². The third-order valence-corrected chi connectivity index (χ3v) is 5.16. The fraction of sp³-hybridized carbons (Fsp3) is 0.412. The Kier molecular flexibility index (Phi) is 4.50. The van der Waals surface area contributed by atoms with Crippen molar-refractivity contribution in [3.63, 3.8) is 0 Å². The van der Waals surface area contributed by atoms with Crippen molar-refractivity contribution in [2.75, 3.05) is 18.4 Å². The van der Waals surface area contributed by atoms with Crippen LogP contribution in [0.4, 0.5) is 10.5 Å². The molecule has 2 atom stereocenters. The third-order valence-electron chi connectivity index (χ3n) is 4.86. The van der Waals surface area contributed by atoms with Gasteiger partial charge >= 0.3 is 6.03 Å². The highest BCUT2D eigenvalue weighted by Gasteiger charge is 2.34. The lowest BCUT2D eigenvalue weighted by Crippen LogP contribution is -2.43. The normalized spacial score (nSPS) is 22.5. The maximum absolute atomic E-state index is 12.7. The van der Waals surface area contributed by atoms with E-state index in [4.69, 9.17) is 11.6 Å². The van der Waals surface area contributed by atoms with E-state index in [1.165, 1.54) is 6.33 Å². The highest BCUT2D eigenvalue weighted by atomic mass is 35.5. The Hall–Kier alpha value is -2.61. The zero-order valence-electron chi connectivity index (χ0n) is 14.1. The fourth-order valence-corrected chi connectivity index (χ4v) is 3.79. The molecule has 0 aliphatic carbocycles. The Bertz CT molecular complexity index is 825. The van der Waals surface area contributed by atoms with Crippen LogP contribution in [0.25, 0.3) is 5.69 Å². The number of carbonyl (C=O) groups is 2. The van der Waals surface area contributed by atoms with Gasteiger partial charge in [-0.2, -0.15) is 5.10 Å². The summed E-state index contributed by atoms with van der Waals surface area (Å²) < 4.78 is 1.56. The minimum absolute atomic E-state index is 0.0269. The number of likely N-dealkylation sites (tertiary alicyclic amines) is 1. The van der Waals surface area contributed by atoms with Crippen LogP contribution < -0.4 is 10.6 Å². The minimum atomic E-state index is -0.219. The van der Waals surface area contributed by atoms with Crippen LogP contribution in [0, 0.1) is 5.92 Å². The van der Waals surface area contributed by atoms with Crippen molar-refractivity contribution in [3.8, 4) is 5.69 Å². The number of halogens is 1. The number of carbonyl (C=O) groups excluding carboxylic acids is 2. The van der Waals surface area contributed by atoms with Gasteiger partial charge in [0.1, 0.15) is 12.7 Å². The number of benzene rings is 1. The van der Waals surface area contributed by atoms with Gasteiger partial charge in [-0.25, -0.2) is 14.5 Å². The summed E-state index contributed by atoms with van der Waals surface area (Å²) >= 11 is 6.31. The monoisotopic (exact) mass is 374 g/mol. The number of fused-ring (bicyclic) bond motifs is 3. The summed E-state index contributed by atoms with van der Waals surface area (Å²) in [7, 11) is 0. The molecule has 0 radical (unpaired) electrons. The maximum Gasteiger partial charge on any atom is 0.321 e. The Balaban J connectivity index is 1.48. The SMILES string of the molecule is O=C1NC2CCCC1CN(C(=O)Nc1ccc(-n3cncn3)c(Cl)c1)C2. The van der Waals surface area contributed by atoms with Crippen molar-refractivity contribution in [3.05, 3.63) is 35.9 Å². The molecule has 1 aromatic heterocycles. The first-order valence-electron chi connectivity index (χ1n) is 8.61. The van der Waals surface area contributed by atoms with Crippen LogP contribution in [0.2, 0.25) is 5.02 Å². The van der Waals surface area contributed by atoms with Gasteiger partial charge in [0.25, 0.3) is 0 Å². The summed E-state index contributed by atoms with van der Waals surface area (Å²) in [5, 5.41) is 10.4. The summed E-state index contributed by atoms with van der Waals surface area (Å²) in [6.07, 6.45) is 5.73. The first-order chi connectivity index (χ1) is 12.6. The van der Waals surface area contributed by atoms with Gasteiger partial charge in [0, 0.05) is 24.8 Å². The van der Waals surface area contributed by atoms with E-state index in [9.17, 15) is 9.59 Å². The molecule has 2 N–H and O–H groups in total. The molecule has 2 unspecified atom stereocenters. The van der Waals surface area contributed by atoms with Gasteiger partial charge < -0.3 is 15.5 Å². The van der Waals surface area contributed by atoms with Crippen LogP contribution in [0.1, 0.15) is 19.3 Å². The van der Waals surface area contributed by atoms with Crippen LogP contribution in [0.5, 0.6) is 0 Å². The van der Waals surface area contributed by atoms with Gasteiger partial charge in [0.15, 0.2) is 0 Å². The van der Waals surface area contributed by atoms with Crippen molar-refractivity contribution >= 4 is 29.2 Å². The Morgan fingerprint density at radius 2 is 2.19 bits per heavy atom. The lowest BCUT2D eigenvalue weighted by atomic mass is 9.99. The van der Waals surface area contributed by atoms with Gasteiger partial charge in [0.05, 0.1) is 16.6 Å². The molecule has 2 aliphatic rings. The minimum Gasteiger partial charge on any atom is -0.351 e. The molecule has 0 spiro atoms. The van der Waals surface area contributed by atoms with Crippen LogP contribution in [0.3, 0.4) is 0 Å². The summed E-state index contributed by atoms with van der Waals surface area (Å²) in [5.74, 6) is -0.0745. The van der Waals surface area contributed by atoms with E-state index in [1.807, 2.05) is 0 Å². The van der Waals surface area contributed by atoms with Gasteiger partial charge in [-0.1, -0.05) is 18.0 Å². The summed E-state index contributed by atoms with van der Waals surface area (Å²) in [6, 6.07) is 5.03. The number of amides is 3. The molecule has 9 heteroatoms. The summed E-state index contributed by atoms with van der Waals surface area (Å²) in [6.45, 7) is 0.970. The Morgan fingerprint density at radius 3 is 2.96 bits per heavy atom. The second-order valence-electron chi connectivity index (χ2n) is 6.67. The second kappa shape index (κ2) is 6.95. The van der Waals surface area contributed by atoms with Crippen LogP contribution in [0.15, 0.2) is 30.9 Å². The average Bonchev–Trinajstić information content (AvgIpc) is 2.99. The van der Waals surface area contributed by atoms with Gasteiger partial charge in [-0.15, -0.1) is 0 Å². The molecule has 3 amide bonds. The van der Waals surface area contributed by atoms with Crippen LogP contribution in [-0.2, 0) is 4.79 Å². The summed E-state index contributed by atoms with van der Waals surface area (Å²) in [5.41, 5.74) is 1.28. The van der Waals surface area contributed by atoms with Crippen LogP contribution >= 0.6 is 11.6 Å². The molecule has 8 nitrogen and oxygen atoms in total. The number of nitrogens with one attached hydrogen (secondary N) is 2. The number of aromatic nitrogens is 3. The van der Waals surface area contributed by atoms with E-state index in [-0.39, 0.29) is 23.9 Å². The first kappa shape index (κ1) is 16.8.